The topological polar surface area (TPSA) is 20.2 Å². The van der Waals surface area contributed by atoms with Crippen molar-refractivity contribution < 1.29 is 5.11 Å². The molecule has 1 aromatic carbocycles. The summed E-state index contributed by atoms with van der Waals surface area (Å²) >= 11 is 1.71. The Morgan fingerprint density at radius 3 is 2.71 bits per heavy atom. The van der Waals surface area contributed by atoms with Crippen molar-refractivity contribution in [1.82, 2.24) is 0 Å². The molecular formula is C12H18OS. The Labute approximate surface area is 90.5 Å². The summed E-state index contributed by atoms with van der Waals surface area (Å²) in [5, 5.41) is 10.00. The van der Waals surface area contributed by atoms with Crippen LogP contribution in [0.15, 0.2) is 29.2 Å². The number of thioether (sulfide) groups is 1. The van der Waals surface area contributed by atoms with Crippen molar-refractivity contribution in [1.29, 1.82) is 0 Å². The first-order valence-corrected chi connectivity index (χ1v) is 6.23. The third kappa shape index (κ3) is 2.76. The zero-order chi connectivity index (χ0) is 10.6. The van der Waals surface area contributed by atoms with Gasteiger partial charge in [0.15, 0.2) is 0 Å². The summed E-state index contributed by atoms with van der Waals surface area (Å²) in [6, 6.07) is 8.14. The molecule has 2 atom stereocenters. The Balaban J connectivity index is 2.83. The van der Waals surface area contributed by atoms with Gasteiger partial charge in [-0.3, -0.25) is 0 Å². The number of rotatable bonds is 4. The van der Waals surface area contributed by atoms with E-state index in [0.717, 1.165) is 12.0 Å². The molecule has 0 bridgehead atoms. The predicted octanol–water partition coefficient (Wildman–Crippen LogP) is 3.49. The molecule has 0 aliphatic carbocycles. The molecule has 0 spiro atoms. The maximum absolute atomic E-state index is 10.00. The van der Waals surface area contributed by atoms with Gasteiger partial charge in [-0.25, -0.2) is 0 Å². The van der Waals surface area contributed by atoms with Gasteiger partial charge in [0.25, 0.3) is 0 Å². The van der Waals surface area contributed by atoms with Crippen LogP contribution in [0, 0.1) is 5.92 Å². The van der Waals surface area contributed by atoms with Crippen LogP contribution < -0.4 is 0 Å². The predicted molar refractivity (Wildman–Crippen MR) is 62.6 cm³/mol. The summed E-state index contributed by atoms with van der Waals surface area (Å²) < 4.78 is 0. The van der Waals surface area contributed by atoms with E-state index in [1.165, 1.54) is 4.90 Å². The highest BCUT2D eigenvalue weighted by Gasteiger charge is 2.14. The summed E-state index contributed by atoms with van der Waals surface area (Å²) in [5.74, 6) is 0.326. The van der Waals surface area contributed by atoms with E-state index in [1.54, 1.807) is 11.8 Å². The molecule has 0 amide bonds. The average molecular weight is 210 g/mol. The number of aliphatic hydroxyl groups is 1. The Morgan fingerprint density at radius 2 is 2.14 bits per heavy atom. The first-order valence-electron chi connectivity index (χ1n) is 5.01. The van der Waals surface area contributed by atoms with E-state index in [-0.39, 0.29) is 6.10 Å². The molecule has 2 heteroatoms. The molecule has 1 N–H and O–H groups in total. The van der Waals surface area contributed by atoms with Crippen molar-refractivity contribution in [2.24, 2.45) is 5.92 Å². The molecule has 0 aromatic heterocycles. The second-order valence-corrected chi connectivity index (χ2v) is 4.49. The SMILES string of the molecule is CCC(C)C(O)c1cccc(SC)c1. The van der Waals surface area contributed by atoms with Gasteiger partial charge in [-0.15, -0.1) is 11.8 Å². The first kappa shape index (κ1) is 11.6. The molecule has 1 nitrogen and oxygen atoms in total. The third-order valence-electron chi connectivity index (χ3n) is 2.62. The van der Waals surface area contributed by atoms with Gasteiger partial charge in [-0.05, 0) is 29.9 Å². The molecule has 0 saturated carbocycles. The summed E-state index contributed by atoms with van der Waals surface area (Å²) in [7, 11) is 0. The van der Waals surface area contributed by atoms with Gasteiger partial charge in [0.05, 0.1) is 6.10 Å². The smallest absolute Gasteiger partial charge is 0.0815 e. The monoisotopic (exact) mass is 210 g/mol. The van der Waals surface area contributed by atoms with Gasteiger partial charge >= 0.3 is 0 Å². The highest BCUT2D eigenvalue weighted by Crippen LogP contribution is 2.26. The van der Waals surface area contributed by atoms with Crippen LogP contribution in [0.1, 0.15) is 31.9 Å². The van der Waals surface area contributed by atoms with Gasteiger partial charge < -0.3 is 5.11 Å². The Hall–Kier alpha value is -0.470. The lowest BCUT2D eigenvalue weighted by atomic mass is 9.95. The van der Waals surface area contributed by atoms with Crippen molar-refractivity contribution in [3.8, 4) is 0 Å². The van der Waals surface area contributed by atoms with E-state index in [4.69, 9.17) is 0 Å². The highest BCUT2D eigenvalue weighted by atomic mass is 32.2. The van der Waals surface area contributed by atoms with Crippen molar-refractivity contribution in [2.75, 3.05) is 6.26 Å². The molecule has 0 aliphatic heterocycles. The summed E-state index contributed by atoms with van der Waals surface area (Å²) in [6.45, 7) is 4.18. The average Bonchev–Trinajstić information content (AvgIpc) is 2.27. The molecule has 0 aliphatic rings. The molecule has 78 valence electrons. The van der Waals surface area contributed by atoms with Crippen molar-refractivity contribution in [3.63, 3.8) is 0 Å². The van der Waals surface area contributed by atoms with Crippen LogP contribution in [0.5, 0.6) is 0 Å². The van der Waals surface area contributed by atoms with Crippen molar-refractivity contribution >= 4 is 11.8 Å². The Morgan fingerprint density at radius 1 is 1.43 bits per heavy atom. The quantitative estimate of drug-likeness (QED) is 0.768. The fraction of sp³-hybridized carbons (Fsp3) is 0.500. The van der Waals surface area contributed by atoms with Crippen LogP contribution in [0.25, 0.3) is 0 Å². The Kier molecular flexibility index (Phi) is 4.49. The highest BCUT2D eigenvalue weighted by molar-refractivity contribution is 7.98. The number of aliphatic hydroxyl groups excluding tert-OH is 1. The van der Waals surface area contributed by atoms with Gasteiger partial charge in [-0.2, -0.15) is 0 Å². The van der Waals surface area contributed by atoms with Gasteiger partial charge in [-0.1, -0.05) is 32.4 Å². The molecular weight excluding hydrogens is 192 g/mol. The fourth-order valence-corrected chi connectivity index (χ4v) is 1.85. The molecule has 1 aromatic rings. The molecule has 0 fully saturated rings. The van der Waals surface area contributed by atoms with Crippen molar-refractivity contribution in [3.05, 3.63) is 29.8 Å². The van der Waals surface area contributed by atoms with Crippen LogP contribution in [-0.2, 0) is 0 Å². The van der Waals surface area contributed by atoms with Gasteiger partial charge in [0, 0.05) is 4.90 Å². The summed E-state index contributed by atoms with van der Waals surface area (Å²) in [5.41, 5.74) is 1.03. The lowest BCUT2D eigenvalue weighted by molar-refractivity contribution is 0.115. The van der Waals surface area contributed by atoms with E-state index >= 15 is 0 Å². The minimum atomic E-state index is -0.327. The van der Waals surface area contributed by atoms with Crippen molar-refractivity contribution in [2.45, 2.75) is 31.3 Å². The molecule has 0 heterocycles. The van der Waals surface area contributed by atoms with Gasteiger partial charge in [0.2, 0.25) is 0 Å². The molecule has 0 saturated heterocycles. The molecule has 1 rings (SSSR count). The minimum absolute atomic E-state index is 0.326. The largest absolute Gasteiger partial charge is 0.388 e. The molecule has 0 radical (unpaired) electrons. The van der Waals surface area contributed by atoms with Crippen LogP contribution >= 0.6 is 11.8 Å². The first-order chi connectivity index (χ1) is 6.69. The Bertz CT molecular complexity index is 285. The lowest BCUT2D eigenvalue weighted by Crippen LogP contribution is -2.07. The van der Waals surface area contributed by atoms with Crippen LogP contribution in [0.3, 0.4) is 0 Å². The van der Waals surface area contributed by atoms with Gasteiger partial charge in [0.1, 0.15) is 0 Å². The zero-order valence-electron chi connectivity index (χ0n) is 9.03. The molecule has 2 unspecified atom stereocenters. The maximum atomic E-state index is 10.00. The van der Waals surface area contributed by atoms with Crippen LogP contribution in [0.2, 0.25) is 0 Å². The van der Waals surface area contributed by atoms with Crippen LogP contribution in [-0.4, -0.2) is 11.4 Å². The lowest BCUT2D eigenvalue weighted by Gasteiger charge is -2.17. The van der Waals surface area contributed by atoms with E-state index < -0.39 is 0 Å². The van der Waals surface area contributed by atoms with E-state index in [0.29, 0.717) is 5.92 Å². The molecule has 14 heavy (non-hydrogen) atoms. The zero-order valence-corrected chi connectivity index (χ0v) is 9.84. The standard InChI is InChI=1S/C12H18OS/c1-4-9(2)12(13)10-6-5-7-11(8-10)14-3/h5-9,12-13H,4H2,1-3H3. The van der Waals surface area contributed by atoms with Crippen LogP contribution in [0.4, 0.5) is 0 Å². The second-order valence-electron chi connectivity index (χ2n) is 3.61. The second kappa shape index (κ2) is 5.42. The fourth-order valence-electron chi connectivity index (χ4n) is 1.38. The van der Waals surface area contributed by atoms with E-state index in [2.05, 4.69) is 32.2 Å². The number of benzene rings is 1. The summed E-state index contributed by atoms with van der Waals surface area (Å²) in [4.78, 5) is 1.21. The third-order valence-corrected chi connectivity index (χ3v) is 3.34. The normalized spacial score (nSPS) is 15.1. The van der Waals surface area contributed by atoms with E-state index in [1.807, 2.05) is 12.1 Å². The minimum Gasteiger partial charge on any atom is -0.388 e. The number of hydrogen-bond donors (Lipinski definition) is 1. The number of hydrogen-bond acceptors (Lipinski definition) is 2. The summed E-state index contributed by atoms with van der Waals surface area (Å²) in [6.07, 6.45) is 2.73. The van der Waals surface area contributed by atoms with E-state index in [9.17, 15) is 5.11 Å². The maximum Gasteiger partial charge on any atom is 0.0815 e.